The first-order valence-corrected chi connectivity index (χ1v) is 7.55. The Morgan fingerprint density at radius 2 is 1.81 bits per heavy atom. The summed E-state index contributed by atoms with van der Waals surface area (Å²) in [7, 11) is 0. The number of aryl methyl sites for hydroxylation is 2. The smallest absolute Gasteiger partial charge is 0.265 e. The van der Waals surface area contributed by atoms with Gasteiger partial charge in [0.25, 0.3) is 5.91 Å². The maximum Gasteiger partial charge on any atom is 0.265 e. The molecular weight excluding hydrogens is 330 g/mol. The molecule has 0 spiro atoms. The minimum atomic E-state index is -0.564. The van der Waals surface area contributed by atoms with Gasteiger partial charge in [0.15, 0.2) is 6.10 Å². The van der Waals surface area contributed by atoms with E-state index in [0.29, 0.717) is 5.75 Å². The topological polar surface area (TPSA) is 38.3 Å². The number of halogens is 1. The summed E-state index contributed by atoms with van der Waals surface area (Å²) in [5, 5.41) is 2.91. The van der Waals surface area contributed by atoms with E-state index in [9.17, 15) is 4.79 Å². The molecule has 0 heterocycles. The third-order valence-electron chi connectivity index (χ3n) is 3.15. The summed E-state index contributed by atoms with van der Waals surface area (Å²) in [4.78, 5) is 12.2. The zero-order valence-electron chi connectivity index (χ0n) is 12.3. The van der Waals surface area contributed by atoms with E-state index in [1.165, 1.54) is 0 Å². The molecule has 3 nitrogen and oxygen atoms in total. The van der Waals surface area contributed by atoms with E-state index in [2.05, 4.69) is 21.2 Å². The fourth-order valence-electron chi connectivity index (χ4n) is 1.88. The molecule has 0 aliphatic carbocycles. The normalized spacial score (nSPS) is 11.8. The molecule has 2 aromatic rings. The van der Waals surface area contributed by atoms with Crippen LogP contribution in [0.4, 0.5) is 5.69 Å². The molecule has 0 aromatic heterocycles. The lowest BCUT2D eigenvalue weighted by Gasteiger charge is -2.16. The summed E-state index contributed by atoms with van der Waals surface area (Å²) in [5.74, 6) is 0.508. The van der Waals surface area contributed by atoms with Gasteiger partial charge in [-0.2, -0.15) is 0 Å². The van der Waals surface area contributed by atoms with Crippen molar-refractivity contribution < 1.29 is 9.53 Å². The van der Waals surface area contributed by atoms with Crippen LogP contribution in [0, 0.1) is 13.8 Å². The first-order valence-electron chi connectivity index (χ1n) is 6.76. The van der Waals surface area contributed by atoms with E-state index in [1.807, 2.05) is 56.3 Å². The zero-order chi connectivity index (χ0) is 15.4. The SMILES string of the molecule is Cc1ccc(C)c(NC(=O)[C@@H](C)Oc2ccc(Br)cc2)c1. The highest BCUT2D eigenvalue weighted by Crippen LogP contribution is 2.19. The summed E-state index contributed by atoms with van der Waals surface area (Å²) in [5.41, 5.74) is 2.97. The van der Waals surface area contributed by atoms with Crippen LogP contribution in [0.25, 0.3) is 0 Å². The van der Waals surface area contributed by atoms with Crippen LogP contribution in [0.15, 0.2) is 46.9 Å². The lowest BCUT2D eigenvalue weighted by molar-refractivity contribution is -0.122. The molecular formula is C17H18BrNO2. The van der Waals surface area contributed by atoms with E-state index in [1.54, 1.807) is 6.92 Å². The maximum atomic E-state index is 12.2. The Morgan fingerprint density at radius 3 is 2.48 bits per heavy atom. The van der Waals surface area contributed by atoms with Crippen molar-refractivity contribution >= 4 is 27.5 Å². The number of amides is 1. The number of rotatable bonds is 4. The minimum Gasteiger partial charge on any atom is -0.481 e. The molecule has 0 saturated heterocycles. The van der Waals surface area contributed by atoms with E-state index in [4.69, 9.17) is 4.74 Å². The number of nitrogens with one attached hydrogen (secondary N) is 1. The van der Waals surface area contributed by atoms with Crippen molar-refractivity contribution in [3.05, 3.63) is 58.1 Å². The average Bonchev–Trinajstić information content (AvgIpc) is 2.45. The van der Waals surface area contributed by atoms with Crippen molar-refractivity contribution in [3.63, 3.8) is 0 Å². The Morgan fingerprint density at radius 1 is 1.14 bits per heavy atom. The average molecular weight is 348 g/mol. The number of ether oxygens (including phenoxy) is 1. The molecule has 0 aliphatic rings. The van der Waals surface area contributed by atoms with Crippen LogP contribution in [0.1, 0.15) is 18.1 Å². The van der Waals surface area contributed by atoms with E-state index >= 15 is 0 Å². The van der Waals surface area contributed by atoms with Crippen molar-refractivity contribution in [1.82, 2.24) is 0 Å². The molecule has 4 heteroatoms. The molecule has 1 atom stereocenters. The Kier molecular flexibility index (Phi) is 5.02. The second-order valence-electron chi connectivity index (χ2n) is 5.02. The summed E-state index contributed by atoms with van der Waals surface area (Å²) in [6.07, 6.45) is -0.564. The fourth-order valence-corrected chi connectivity index (χ4v) is 2.14. The number of hydrogen-bond acceptors (Lipinski definition) is 2. The summed E-state index contributed by atoms with van der Waals surface area (Å²) < 4.78 is 6.61. The molecule has 0 bridgehead atoms. The van der Waals surface area contributed by atoms with Gasteiger partial charge in [-0.15, -0.1) is 0 Å². The molecule has 0 radical (unpaired) electrons. The van der Waals surface area contributed by atoms with Crippen LogP contribution in [0.2, 0.25) is 0 Å². The molecule has 110 valence electrons. The Bertz CT molecular complexity index is 638. The van der Waals surface area contributed by atoms with Gasteiger partial charge in [-0.05, 0) is 62.2 Å². The summed E-state index contributed by atoms with van der Waals surface area (Å²) >= 11 is 3.36. The quantitative estimate of drug-likeness (QED) is 0.885. The van der Waals surface area contributed by atoms with Gasteiger partial charge >= 0.3 is 0 Å². The number of hydrogen-bond donors (Lipinski definition) is 1. The predicted octanol–water partition coefficient (Wildman–Crippen LogP) is 4.47. The third kappa shape index (κ3) is 4.33. The molecule has 0 saturated carbocycles. The number of carbonyl (C=O) groups is 1. The standard InChI is InChI=1S/C17H18BrNO2/c1-11-4-5-12(2)16(10-11)19-17(20)13(3)21-15-8-6-14(18)7-9-15/h4-10,13H,1-3H3,(H,19,20)/t13-/m1/s1. The largest absolute Gasteiger partial charge is 0.481 e. The van der Waals surface area contributed by atoms with Crippen molar-refractivity contribution in [2.45, 2.75) is 26.9 Å². The van der Waals surface area contributed by atoms with Gasteiger partial charge in [0.1, 0.15) is 5.75 Å². The van der Waals surface area contributed by atoms with Crippen molar-refractivity contribution in [2.75, 3.05) is 5.32 Å². The minimum absolute atomic E-state index is 0.161. The molecule has 0 aliphatic heterocycles. The van der Waals surface area contributed by atoms with Gasteiger partial charge in [-0.1, -0.05) is 28.1 Å². The highest BCUT2D eigenvalue weighted by molar-refractivity contribution is 9.10. The van der Waals surface area contributed by atoms with Gasteiger partial charge in [0, 0.05) is 10.2 Å². The van der Waals surface area contributed by atoms with Crippen LogP contribution in [0.3, 0.4) is 0 Å². The van der Waals surface area contributed by atoms with E-state index < -0.39 is 6.10 Å². The van der Waals surface area contributed by atoms with E-state index in [0.717, 1.165) is 21.3 Å². The predicted molar refractivity (Wildman–Crippen MR) is 88.8 cm³/mol. The van der Waals surface area contributed by atoms with Gasteiger partial charge in [-0.25, -0.2) is 0 Å². The number of carbonyl (C=O) groups excluding carboxylic acids is 1. The Labute approximate surface area is 133 Å². The second-order valence-corrected chi connectivity index (χ2v) is 5.94. The lowest BCUT2D eigenvalue weighted by atomic mass is 10.1. The van der Waals surface area contributed by atoms with Crippen LogP contribution in [-0.2, 0) is 4.79 Å². The van der Waals surface area contributed by atoms with E-state index in [-0.39, 0.29) is 5.91 Å². The zero-order valence-corrected chi connectivity index (χ0v) is 13.9. The first-order chi connectivity index (χ1) is 9.95. The molecule has 1 amide bonds. The van der Waals surface area contributed by atoms with Crippen molar-refractivity contribution in [1.29, 1.82) is 0 Å². The van der Waals surface area contributed by atoms with Crippen LogP contribution in [0.5, 0.6) is 5.75 Å². The molecule has 21 heavy (non-hydrogen) atoms. The highest BCUT2D eigenvalue weighted by Gasteiger charge is 2.15. The highest BCUT2D eigenvalue weighted by atomic mass is 79.9. The Balaban J connectivity index is 2.02. The molecule has 2 aromatic carbocycles. The Hall–Kier alpha value is -1.81. The summed E-state index contributed by atoms with van der Waals surface area (Å²) in [6.45, 7) is 5.70. The maximum absolute atomic E-state index is 12.2. The summed E-state index contributed by atoms with van der Waals surface area (Å²) in [6, 6.07) is 13.4. The van der Waals surface area contributed by atoms with Crippen LogP contribution < -0.4 is 10.1 Å². The molecule has 0 fully saturated rings. The lowest BCUT2D eigenvalue weighted by Crippen LogP contribution is -2.30. The monoisotopic (exact) mass is 347 g/mol. The van der Waals surface area contributed by atoms with Crippen molar-refractivity contribution in [3.8, 4) is 5.75 Å². The van der Waals surface area contributed by atoms with Gasteiger partial charge in [-0.3, -0.25) is 4.79 Å². The van der Waals surface area contributed by atoms with Gasteiger partial charge in [0.05, 0.1) is 0 Å². The third-order valence-corrected chi connectivity index (χ3v) is 3.68. The molecule has 2 rings (SSSR count). The molecule has 1 N–H and O–H groups in total. The first kappa shape index (κ1) is 15.6. The molecule has 0 unspecified atom stereocenters. The van der Waals surface area contributed by atoms with Gasteiger partial charge < -0.3 is 10.1 Å². The second kappa shape index (κ2) is 6.76. The number of anilines is 1. The number of benzene rings is 2. The van der Waals surface area contributed by atoms with Crippen LogP contribution >= 0.6 is 15.9 Å². The van der Waals surface area contributed by atoms with Crippen LogP contribution in [-0.4, -0.2) is 12.0 Å². The van der Waals surface area contributed by atoms with Gasteiger partial charge in [0.2, 0.25) is 0 Å². The van der Waals surface area contributed by atoms with Crippen molar-refractivity contribution in [2.24, 2.45) is 0 Å². The fraction of sp³-hybridized carbons (Fsp3) is 0.235.